The summed E-state index contributed by atoms with van der Waals surface area (Å²) in [6.45, 7) is 3.11. The van der Waals surface area contributed by atoms with Crippen molar-refractivity contribution in [3.05, 3.63) is 48.0 Å². The maximum absolute atomic E-state index is 6.12. The van der Waals surface area contributed by atoms with Crippen molar-refractivity contribution in [2.45, 2.75) is 19.4 Å². The van der Waals surface area contributed by atoms with E-state index < -0.39 is 0 Å². The second kappa shape index (κ2) is 7.97. The van der Waals surface area contributed by atoms with Gasteiger partial charge in [-0.3, -0.25) is 0 Å². The average Bonchev–Trinajstić information content (AvgIpc) is 2.80. The van der Waals surface area contributed by atoms with Crippen LogP contribution in [-0.2, 0) is 0 Å². The zero-order valence-corrected chi connectivity index (χ0v) is 16.5. The van der Waals surface area contributed by atoms with Gasteiger partial charge in [0.05, 0.1) is 22.0 Å². The van der Waals surface area contributed by atoms with Crippen LogP contribution in [0.1, 0.15) is 29.8 Å². The summed E-state index contributed by atoms with van der Waals surface area (Å²) in [6, 6.07) is 8.19. The van der Waals surface area contributed by atoms with Crippen LogP contribution in [0.5, 0.6) is 5.75 Å². The Bertz CT molecular complexity index is 598. The van der Waals surface area contributed by atoms with Crippen molar-refractivity contribution in [2.75, 3.05) is 13.7 Å². The number of hydrogen-bond donors (Lipinski definition) is 1. The molecule has 0 saturated carbocycles. The first kappa shape index (κ1) is 17.3. The highest BCUT2D eigenvalue weighted by Gasteiger charge is 2.18. The van der Waals surface area contributed by atoms with Crippen LogP contribution in [0.15, 0.2) is 32.5 Å². The Labute approximate surface area is 151 Å². The molecule has 2 nitrogen and oxygen atoms in total. The Balaban J connectivity index is 2.39. The maximum Gasteiger partial charge on any atom is 0.137 e. The number of nitrogens with one attached hydrogen (secondary N) is 1. The molecule has 1 heterocycles. The van der Waals surface area contributed by atoms with Crippen LogP contribution in [0.2, 0.25) is 5.02 Å². The van der Waals surface area contributed by atoms with Crippen LogP contribution >= 0.6 is 54.8 Å². The van der Waals surface area contributed by atoms with Gasteiger partial charge in [-0.05, 0) is 68.6 Å². The molecule has 1 atom stereocenters. The minimum absolute atomic E-state index is 0.128. The molecule has 1 unspecified atom stereocenters. The number of hydrogen-bond acceptors (Lipinski definition) is 3. The molecule has 0 amide bonds. The zero-order valence-electron chi connectivity index (χ0n) is 11.8. The molecular formula is C15H16Br2ClNOS. The topological polar surface area (TPSA) is 21.3 Å². The smallest absolute Gasteiger partial charge is 0.137 e. The van der Waals surface area contributed by atoms with E-state index in [1.807, 2.05) is 18.2 Å². The summed E-state index contributed by atoms with van der Waals surface area (Å²) in [4.78, 5) is 1.24. The van der Waals surface area contributed by atoms with Crippen LogP contribution < -0.4 is 10.1 Å². The molecule has 6 heteroatoms. The van der Waals surface area contributed by atoms with Gasteiger partial charge in [0.2, 0.25) is 0 Å². The lowest BCUT2D eigenvalue weighted by atomic mass is 10.0. The predicted octanol–water partition coefficient (Wildman–Crippen LogP) is 6.02. The highest BCUT2D eigenvalue weighted by Crippen LogP contribution is 2.39. The molecule has 0 fully saturated rings. The monoisotopic (exact) mass is 451 g/mol. The number of benzene rings is 1. The van der Waals surface area contributed by atoms with E-state index in [9.17, 15) is 0 Å². The molecule has 0 aliphatic rings. The number of ether oxygens (including phenoxy) is 1. The second-order valence-corrected chi connectivity index (χ2v) is 8.21. The van der Waals surface area contributed by atoms with E-state index in [2.05, 4.69) is 50.2 Å². The van der Waals surface area contributed by atoms with Gasteiger partial charge in [-0.2, -0.15) is 0 Å². The first-order valence-corrected chi connectivity index (χ1v) is 9.36. The molecule has 1 N–H and O–H groups in total. The van der Waals surface area contributed by atoms with Gasteiger partial charge >= 0.3 is 0 Å². The van der Waals surface area contributed by atoms with Crippen LogP contribution in [-0.4, -0.2) is 13.7 Å². The molecule has 0 aliphatic heterocycles. The fourth-order valence-electron chi connectivity index (χ4n) is 2.03. The van der Waals surface area contributed by atoms with Crippen molar-refractivity contribution in [1.29, 1.82) is 0 Å². The van der Waals surface area contributed by atoms with Gasteiger partial charge in [0, 0.05) is 9.35 Å². The first-order valence-electron chi connectivity index (χ1n) is 6.58. The van der Waals surface area contributed by atoms with E-state index in [1.54, 1.807) is 18.4 Å². The molecule has 0 spiro atoms. The van der Waals surface area contributed by atoms with Gasteiger partial charge in [0.25, 0.3) is 0 Å². The zero-order chi connectivity index (χ0) is 15.4. The maximum atomic E-state index is 6.12. The lowest BCUT2D eigenvalue weighted by Gasteiger charge is -2.18. The normalized spacial score (nSPS) is 12.4. The van der Waals surface area contributed by atoms with Crippen LogP contribution in [0, 0.1) is 0 Å². The molecule has 2 rings (SSSR count). The van der Waals surface area contributed by atoms with Crippen molar-refractivity contribution in [1.82, 2.24) is 5.32 Å². The molecule has 0 radical (unpaired) electrons. The Morgan fingerprint density at radius 1 is 1.33 bits per heavy atom. The van der Waals surface area contributed by atoms with Crippen LogP contribution in [0.4, 0.5) is 0 Å². The quantitative estimate of drug-likeness (QED) is 0.577. The highest BCUT2D eigenvalue weighted by atomic mass is 79.9. The van der Waals surface area contributed by atoms with Crippen molar-refractivity contribution in [3.8, 4) is 5.75 Å². The SMILES string of the molecule is CCCNC(c1ccc(Cl)c(OC)c1)c1cc(Br)c(Br)s1. The lowest BCUT2D eigenvalue weighted by molar-refractivity contribution is 0.414. The fourth-order valence-corrected chi connectivity index (χ4v) is 4.42. The Hall–Kier alpha value is -0.0700. The number of rotatable bonds is 6. The number of methoxy groups -OCH3 is 1. The van der Waals surface area contributed by atoms with Crippen LogP contribution in [0.3, 0.4) is 0 Å². The summed E-state index contributed by atoms with van der Waals surface area (Å²) >= 11 is 15.0. The van der Waals surface area contributed by atoms with Crippen LogP contribution in [0.25, 0.3) is 0 Å². The Kier molecular flexibility index (Phi) is 6.56. The van der Waals surface area contributed by atoms with Gasteiger partial charge in [0.15, 0.2) is 0 Å². The van der Waals surface area contributed by atoms with E-state index in [0.717, 1.165) is 26.8 Å². The van der Waals surface area contributed by atoms with Gasteiger partial charge in [-0.25, -0.2) is 0 Å². The summed E-state index contributed by atoms with van der Waals surface area (Å²) in [7, 11) is 1.64. The summed E-state index contributed by atoms with van der Waals surface area (Å²) in [5, 5.41) is 4.21. The van der Waals surface area contributed by atoms with Gasteiger partial charge < -0.3 is 10.1 Å². The van der Waals surface area contributed by atoms with E-state index in [0.29, 0.717) is 10.8 Å². The second-order valence-electron chi connectivity index (χ2n) is 4.55. The third kappa shape index (κ3) is 4.23. The largest absolute Gasteiger partial charge is 0.495 e. The number of halogens is 3. The average molecular weight is 454 g/mol. The predicted molar refractivity (Wildman–Crippen MR) is 97.9 cm³/mol. The van der Waals surface area contributed by atoms with Gasteiger partial charge in [0.1, 0.15) is 5.75 Å². The molecule has 114 valence electrons. The summed E-state index contributed by atoms with van der Waals surface area (Å²) < 4.78 is 7.50. The third-order valence-corrected chi connectivity index (χ3v) is 6.69. The summed E-state index contributed by atoms with van der Waals surface area (Å²) in [6.07, 6.45) is 1.08. The van der Waals surface area contributed by atoms with Gasteiger partial charge in [-0.1, -0.05) is 24.6 Å². The third-order valence-electron chi connectivity index (χ3n) is 3.06. The van der Waals surface area contributed by atoms with E-state index in [4.69, 9.17) is 16.3 Å². The molecule has 0 saturated heterocycles. The first-order chi connectivity index (χ1) is 10.1. The minimum Gasteiger partial charge on any atom is -0.495 e. The van der Waals surface area contributed by atoms with Crippen molar-refractivity contribution in [2.24, 2.45) is 0 Å². The molecule has 1 aromatic carbocycles. The lowest BCUT2D eigenvalue weighted by Crippen LogP contribution is -2.22. The molecule has 0 aliphatic carbocycles. The molecular weight excluding hydrogens is 437 g/mol. The van der Waals surface area contributed by atoms with E-state index >= 15 is 0 Å². The van der Waals surface area contributed by atoms with E-state index in [-0.39, 0.29) is 6.04 Å². The van der Waals surface area contributed by atoms with Crippen molar-refractivity contribution >= 4 is 54.8 Å². The molecule has 1 aromatic heterocycles. The van der Waals surface area contributed by atoms with Crippen molar-refractivity contribution < 1.29 is 4.74 Å². The fraction of sp³-hybridized carbons (Fsp3) is 0.333. The van der Waals surface area contributed by atoms with Crippen molar-refractivity contribution in [3.63, 3.8) is 0 Å². The van der Waals surface area contributed by atoms with E-state index in [1.165, 1.54) is 4.88 Å². The highest BCUT2D eigenvalue weighted by molar-refractivity contribution is 9.13. The molecule has 21 heavy (non-hydrogen) atoms. The number of thiophene rings is 1. The Morgan fingerprint density at radius 3 is 2.67 bits per heavy atom. The summed E-state index contributed by atoms with van der Waals surface area (Å²) in [5.74, 6) is 0.701. The van der Waals surface area contributed by atoms with Gasteiger partial charge in [-0.15, -0.1) is 11.3 Å². The summed E-state index contributed by atoms with van der Waals surface area (Å²) in [5.41, 5.74) is 1.14. The standard InChI is InChI=1S/C15H16Br2ClNOS/c1-3-6-19-14(13-8-10(16)15(17)21-13)9-4-5-11(18)12(7-9)20-2/h4-5,7-8,14,19H,3,6H2,1-2H3. The molecule has 2 aromatic rings. The minimum atomic E-state index is 0.128. The Morgan fingerprint density at radius 2 is 2.10 bits per heavy atom. The molecule has 0 bridgehead atoms.